The standard InChI is InChI=1S/C23H18FN5S/c24-16-10-12-17(13-11-16)29-22(25)21(15-6-2-1-3-7-15)20(28-29)14-30-23-26-18-8-4-5-9-19(18)27-23/h1-13H,14,25H2,(H,26,27). The number of fused-ring (bicyclic) bond motifs is 1. The molecule has 0 fully saturated rings. The minimum Gasteiger partial charge on any atom is -0.383 e. The van der Waals surface area contributed by atoms with E-state index < -0.39 is 0 Å². The summed E-state index contributed by atoms with van der Waals surface area (Å²) in [4.78, 5) is 7.96. The predicted molar refractivity (Wildman–Crippen MR) is 119 cm³/mol. The third kappa shape index (κ3) is 3.44. The van der Waals surface area contributed by atoms with Crippen molar-refractivity contribution in [1.29, 1.82) is 0 Å². The first-order valence-electron chi connectivity index (χ1n) is 9.45. The average molecular weight is 415 g/mol. The Labute approximate surface area is 176 Å². The molecule has 0 bridgehead atoms. The Morgan fingerprint density at radius 2 is 1.67 bits per heavy atom. The number of nitrogens with one attached hydrogen (secondary N) is 1. The Kier molecular flexibility index (Phi) is 4.72. The van der Waals surface area contributed by atoms with E-state index in [-0.39, 0.29) is 5.82 Å². The SMILES string of the molecule is Nc1c(-c2ccccc2)c(CSc2nc3ccccc3[nH]2)nn1-c1ccc(F)cc1. The second-order valence-corrected chi connectivity index (χ2v) is 7.77. The molecule has 0 radical (unpaired) electrons. The molecule has 0 atom stereocenters. The number of benzene rings is 3. The normalized spacial score (nSPS) is 11.2. The third-order valence-corrected chi connectivity index (χ3v) is 5.73. The first-order valence-corrected chi connectivity index (χ1v) is 10.4. The number of H-pyrrole nitrogens is 1. The number of hydrogen-bond donors (Lipinski definition) is 2. The number of halogens is 1. The van der Waals surface area contributed by atoms with Crippen molar-refractivity contribution in [1.82, 2.24) is 19.7 Å². The average Bonchev–Trinajstić information content (AvgIpc) is 3.34. The lowest BCUT2D eigenvalue weighted by Crippen LogP contribution is -2.02. The molecule has 148 valence electrons. The summed E-state index contributed by atoms with van der Waals surface area (Å²) in [5, 5.41) is 5.59. The molecule has 0 saturated carbocycles. The molecule has 2 heterocycles. The minimum absolute atomic E-state index is 0.298. The van der Waals surface area contributed by atoms with Crippen LogP contribution in [0.25, 0.3) is 27.8 Å². The summed E-state index contributed by atoms with van der Waals surface area (Å²) in [6, 6.07) is 24.0. The highest BCUT2D eigenvalue weighted by Crippen LogP contribution is 2.35. The van der Waals surface area contributed by atoms with Crippen molar-refractivity contribution in [3.05, 3.63) is 90.4 Å². The highest BCUT2D eigenvalue weighted by molar-refractivity contribution is 7.98. The van der Waals surface area contributed by atoms with E-state index in [0.717, 1.165) is 33.0 Å². The Hall–Kier alpha value is -3.58. The second-order valence-electron chi connectivity index (χ2n) is 6.81. The van der Waals surface area contributed by atoms with Crippen molar-refractivity contribution in [3.8, 4) is 16.8 Å². The number of nitrogen functional groups attached to an aromatic ring is 1. The van der Waals surface area contributed by atoms with Gasteiger partial charge in [0.25, 0.3) is 0 Å². The van der Waals surface area contributed by atoms with Crippen LogP contribution >= 0.6 is 11.8 Å². The summed E-state index contributed by atoms with van der Waals surface area (Å²) >= 11 is 1.57. The van der Waals surface area contributed by atoms with Crippen LogP contribution in [0.15, 0.2) is 84.0 Å². The lowest BCUT2D eigenvalue weighted by Gasteiger charge is -2.05. The maximum atomic E-state index is 13.4. The van der Waals surface area contributed by atoms with Gasteiger partial charge in [0.05, 0.1) is 22.4 Å². The number of nitrogens with two attached hydrogens (primary N) is 1. The van der Waals surface area contributed by atoms with Crippen molar-refractivity contribution >= 4 is 28.6 Å². The molecule has 3 N–H and O–H groups in total. The molecule has 0 unspecified atom stereocenters. The Morgan fingerprint density at radius 1 is 0.933 bits per heavy atom. The molecule has 0 amide bonds. The molecule has 0 saturated heterocycles. The van der Waals surface area contributed by atoms with Crippen LogP contribution in [0, 0.1) is 5.82 Å². The molecule has 3 aromatic carbocycles. The van der Waals surface area contributed by atoms with Crippen molar-refractivity contribution in [2.24, 2.45) is 0 Å². The van der Waals surface area contributed by atoms with Gasteiger partial charge in [0.2, 0.25) is 0 Å². The van der Waals surface area contributed by atoms with E-state index in [1.54, 1.807) is 28.6 Å². The third-order valence-electron chi connectivity index (χ3n) is 4.84. The van der Waals surface area contributed by atoms with E-state index in [9.17, 15) is 4.39 Å². The minimum atomic E-state index is -0.298. The molecule has 0 aliphatic carbocycles. The molecule has 0 aliphatic rings. The zero-order valence-electron chi connectivity index (χ0n) is 15.9. The number of thioether (sulfide) groups is 1. The molecular weight excluding hydrogens is 397 g/mol. The first-order chi connectivity index (χ1) is 14.7. The van der Waals surface area contributed by atoms with E-state index >= 15 is 0 Å². The van der Waals surface area contributed by atoms with E-state index in [2.05, 4.69) is 9.97 Å². The molecule has 5 aromatic rings. The lowest BCUT2D eigenvalue weighted by atomic mass is 10.1. The lowest BCUT2D eigenvalue weighted by molar-refractivity contribution is 0.627. The van der Waals surface area contributed by atoms with Gasteiger partial charge in [-0.3, -0.25) is 0 Å². The smallest absolute Gasteiger partial charge is 0.166 e. The number of anilines is 1. The summed E-state index contributed by atoms with van der Waals surface area (Å²) in [5.74, 6) is 0.809. The van der Waals surface area contributed by atoms with E-state index in [4.69, 9.17) is 10.8 Å². The number of aromatic amines is 1. The summed E-state index contributed by atoms with van der Waals surface area (Å²) in [5.41, 5.74) is 11.9. The van der Waals surface area contributed by atoms with Crippen LogP contribution in [0.1, 0.15) is 5.69 Å². The van der Waals surface area contributed by atoms with Gasteiger partial charge in [0.15, 0.2) is 5.16 Å². The number of para-hydroxylation sites is 2. The molecule has 2 aromatic heterocycles. The van der Waals surface area contributed by atoms with Gasteiger partial charge in [-0.2, -0.15) is 5.10 Å². The molecule has 30 heavy (non-hydrogen) atoms. The molecule has 0 spiro atoms. The van der Waals surface area contributed by atoms with E-state index in [1.807, 2.05) is 54.6 Å². The van der Waals surface area contributed by atoms with Crippen molar-refractivity contribution in [2.75, 3.05) is 5.73 Å². The second kappa shape index (κ2) is 7.68. The van der Waals surface area contributed by atoms with Crippen LogP contribution in [-0.4, -0.2) is 19.7 Å². The van der Waals surface area contributed by atoms with E-state index in [1.165, 1.54) is 12.1 Å². The predicted octanol–water partition coefficient (Wildman–Crippen LogP) is 5.43. The summed E-state index contributed by atoms with van der Waals surface area (Å²) in [6.07, 6.45) is 0. The van der Waals surface area contributed by atoms with Crippen LogP contribution in [0.5, 0.6) is 0 Å². The van der Waals surface area contributed by atoms with Gasteiger partial charge < -0.3 is 10.7 Å². The number of hydrogen-bond acceptors (Lipinski definition) is 4. The summed E-state index contributed by atoms with van der Waals surface area (Å²) in [6.45, 7) is 0. The number of rotatable bonds is 5. The van der Waals surface area contributed by atoms with Crippen LogP contribution in [0.3, 0.4) is 0 Å². The maximum Gasteiger partial charge on any atom is 0.166 e. The zero-order valence-corrected chi connectivity index (χ0v) is 16.7. The van der Waals surface area contributed by atoms with Crippen LogP contribution in [0.2, 0.25) is 0 Å². The molecular formula is C23H18FN5S. The van der Waals surface area contributed by atoms with Crippen LogP contribution in [0.4, 0.5) is 10.2 Å². The van der Waals surface area contributed by atoms with Gasteiger partial charge >= 0.3 is 0 Å². The molecule has 0 aliphatic heterocycles. The largest absolute Gasteiger partial charge is 0.383 e. The van der Waals surface area contributed by atoms with Gasteiger partial charge in [0.1, 0.15) is 11.6 Å². The summed E-state index contributed by atoms with van der Waals surface area (Å²) < 4.78 is 15.0. The number of aromatic nitrogens is 4. The van der Waals surface area contributed by atoms with Gasteiger partial charge in [-0.25, -0.2) is 14.1 Å². The molecule has 7 heteroatoms. The van der Waals surface area contributed by atoms with Gasteiger partial charge in [0, 0.05) is 11.3 Å². The number of imidazole rings is 1. The Balaban J connectivity index is 1.53. The monoisotopic (exact) mass is 415 g/mol. The van der Waals surface area contributed by atoms with Gasteiger partial charge in [-0.05, 0) is 42.0 Å². The topological polar surface area (TPSA) is 72.5 Å². The molecule has 5 rings (SSSR count). The zero-order chi connectivity index (χ0) is 20.5. The fourth-order valence-electron chi connectivity index (χ4n) is 3.41. The number of nitrogens with zero attached hydrogens (tertiary/aromatic N) is 3. The first kappa shape index (κ1) is 18.4. The molecule has 5 nitrogen and oxygen atoms in total. The Bertz CT molecular complexity index is 1280. The quantitative estimate of drug-likeness (QED) is 0.376. The van der Waals surface area contributed by atoms with Crippen molar-refractivity contribution < 1.29 is 4.39 Å². The maximum absolute atomic E-state index is 13.4. The van der Waals surface area contributed by atoms with Crippen molar-refractivity contribution in [2.45, 2.75) is 10.9 Å². The van der Waals surface area contributed by atoms with Gasteiger partial charge in [-0.1, -0.05) is 54.2 Å². The summed E-state index contributed by atoms with van der Waals surface area (Å²) in [7, 11) is 0. The van der Waals surface area contributed by atoms with Gasteiger partial charge in [-0.15, -0.1) is 0 Å². The highest BCUT2D eigenvalue weighted by atomic mass is 32.2. The Morgan fingerprint density at radius 3 is 2.43 bits per heavy atom. The fraction of sp³-hybridized carbons (Fsp3) is 0.0435. The van der Waals surface area contributed by atoms with E-state index in [0.29, 0.717) is 17.3 Å². The fourth-order valence-corrected chi connectivity index (χ4v) is 4.23. The highest BCUT2D eigenvalue weighted by Gasteiger charge is 2.19. The van der Waals surface area contributed by atoms with Crippen molar-refractivity contribution in [3.63, 3.8) is 0 Å². The van der Waals surface area contributed by atoms with Crippen LogP contribution in [-0.2, 0) is 5.75 Å². The van der Waals surface area contributed by atoms with Crippen LogP contribution < -0.4 is 5.73 Å².